The third-order valence-electron chi connectivity index (χ3n) is 4.70. The van der Waals surface area contributed by atoms with Crippen molar-refractivity contribution in [3.63, 3.8) is 0 Å². The van der Waals surface area contributed by atoms with Gasteiger partial charge in [0.1, 0.15) is 5.75 Å². The Labute approximate surface area is 160 Å². The number of carbonyl (C=O) groups excluding carboxylic acids is 1. The molecule has 2 aromatic carbocycles. The Morgan fingerprint density at radius 1 is 0.926 bits per heavy atom. The Bertz CT molecular complexity index is 786. The Balaban J connectivity index is 1.69. The average molecular weight is 370 g/mol. The van der Waals surface area contributed by atoms with Gasteiger partial charge in [-0.25, -0.2) is 0 Å². The highest BCUT2D eigenvalue weighted by Gasteiger charge is 2.24. The highest BCUT2D eigenvalue weighted by atomic mass is 16.5. The molecule has 1 saturated heterocycles. The van der Waals surface area contributed by atoms with Crippen LogP contribution in [-0.2, 0) is 0 Å². The van der Waals surface area contributed by atoms with Crippen LogP contribution in [-0.4, -0.2) is 57.8 Å². The molecule has 1 heterocycles. The first kappa shape index (κ1) is 18.9. The second kappa shape index (κ2) is 8.66. The fourth-order valence-electron chi connectivity index (χ4n) is 3.30. The fraction of sp³-hybridized carbons (Fsp3) is 0.381. The number of hydrogen-bond acceptors (Lipinski definition) is 5. The molecule has 1 aliphatic rings. The molecule has 0 aromatic heterocycles. The second-order valence-electron chi connectivity index (χ2n) is 6.25. The first-order valence-electron chi connectivity index (χ1n) is 9.16. The average Bonchev–Trinajstić information content (AvgIpc) is 2.73. The van der Waals surface area contributed by atoms with E-state index in [1.165, 1.54) is 0 Å². The SMILES string of the molecule is CCOc1cc(C(=O)N2CCN(c3ccccc3OC)CC2)ccc1OC. The molecule has 1 amide bonds. The van der Waals surface area contributed by atoms with Gasteiger partial charge in [-0.2, -0.15) is 0 Å². The Morgan fingerprint density at radius 3 is 2.30 bits per heavy atom. The van der Waals surface area contributed by atoms with Gasteiger partial charge in [0.25, 0.3) is 5.91 Å². The maximum atomic E-state index is 12.9. The standard InChI is InChI=1S/C21H26N2O4/c1-4-27-20-15-16(9-10-19(20)26-3)21(24)23-13-11-22(12-14-23)17-7-5-6-8-18(17)25-2/h5-10,15H,4,11-14H2,1-3H3. The number of carbonyl (C=O) groups is 1. The Hall–Kier alpha value is -2.89. The van der Waals surface area contributed by atoms with Crippen molar-refractivity contribution in [3.05, 3.63) is 48.0 Å². The number of methoxy groups -OCH3 is 2. The van der Waals surface area contributed by atoms with E-state index in [1.54, 1.807) is 32.4 Å². The van der Waals surface area contributed by atoms with Crippen molar-refractivity contribution >= 4 is 11.6 Å². The molecular formula is C21H26N2O4. The quantitative estimate of drug-likeness (QED) is 0.782. The molecule has 0 unspecified atom stereocenters. The smallest absolute Gasteiger partial charge is 0.254 e. The summed E-state index contributed by atoms with van der Waals surface area (Å²) in [6, 6.07) is 13.3. The lowest BCUT2D eigenvalue weighted by Gasteiger charge is -2.36. The van der Waals surface area contributed by atoms with Crippen LogP contribution in [0.1, 0.15) is 17.3 Å². The Kier molecular flexibility index (Phi) is 6.06. The normalized spacial score (nSPS) is 14.0. The molecule has 0 saturated carbocycles. The molecule has 27 heavy (non-hydrogen) atoms. The molecule has 0 spiro atoms. The highest BCUT2D eigenvalue weighted by molar-refractivity contribution is 5.95. The molecule has 0 radical (unpaired) electrons. The van der Waals surface area contributed by atoms with Gasteiger partial charge in [-0.1, -0.05) is 12.1 Å². The fourth-order valence-corrected chi connectivity index (χ4v) is 3.30. The molecule has 1 aliphatic heterocycles. The number of para-hydroxylation sites is 2. The van der Waals surface area contributed by atoms with E-state index in [1.807, 2.05) is 36.1 Å². The minimum absolute atomic E-state index is 0.0123. The lowest BCUT2D eigenvalue weighted by Crippen LogP contribution is -2.48. The lowest BCUT2D eigenvalue weighted by molar-refractivity contribution is 0.0746. The zero-order valence-corrected chi connectivity index (χ0v) is 16.1. The summed E-state index contributed by atoms with van der Waals surface area (Å²) in [5.74, 6) is 2.10. The van der Waals surface area contributed by atoms with Crippen LogP contribution < -0.4 is 19.1 Å². The van der Waals surface area contributed by atoms with Gasteiger partial charge in [-0.15, -0.1) is 0 Å². The van der Waals surface area contributed by atoms with E-state index in [0.29, 0.717) is 36.8 Å². The third-order valence-corrected chi connectivity index (χ3v) is 4.70. The number of benzene rings is 2. The number of rotatable bonds is 6. The number of amides is 1. The first-order valence-corrected chi connectivity index (χ1v) is 9.16. The minimum Gasteiger partial charge on any atom is -0.495 e. The largest absolute Gasteiger partial charge is 0.495 e. The van der Waals surface area contributed by atoms with E-state index < -0.39 is 0 Å². The van der Waals surface area contributed by atoms with E-state index in [0.717, 1.165) is 24.5 Å². The molecule has 2 aromatic rings. The van der Waals surface area contributed by atoms with Crippen LogP contribution in [0.15, 0.2) is 42.5 Å². The van der Waals surface area contributed by atoms with Crippen LogP contribution in [0.5, 0.6) is 17.2 Å². The summed E-state index contributed by atoms with van der Waals surface area (Å²) in [7, 11) is 3.27. The number of ether oxygens (including phenoxy) is 3. The summed E-state index contributed by atoms with van der Waals surface area (Å²) in [6.07, 6.45) is 0. The van der Waals surface area contributed by atoms with E-state index in [2.05, 4.69) is 4.90 Å². The molecule has 6 heteroatoms. The minimum atomic E-state index is 0.0123. The van der Waals surface area contributed by atoms with Crippen molar-refractivity contribution in [1.82, 2.24) is 4.90 Å². The zero-order valence-electron chi connectivity index (χ0n) is 16.1. The predicted octanol–water partition coefficient (Wildman–Crippen LogP) is 3.06. The topological polar surface area (TPSA) is 51.2 Å². The summed E-state index contributed by atoms with van der Waals surface area (Å²) < 4.78 is 16.3. The number of anilines is 1. The summed E-state index contributed by atoms with van der Waals surface area (Å²) in [6.45, 7) is 5.28. The van der Waals surface area contributed by atoms with Crippen molar-refractivity contribution in [2.45, 2.75) is 6.92 Å². The van der Waals surface area contributed by atoms with Crippen LogP contribution in [0.25, 0.3) is 0 Å². The van der Waals surface area contributed by atoms with E-state index >= 15 is 0 Å². The number of piperazine rings is 1. The first-order chi connectivity index (χ1) is 13.2. The maximum absolute atomic E-state index is 12.9. The monoisotopic (exact) mass is 370 g/mol. The van der Waals surface area contributed by atoms with Crippen LogP contribution in [0, 0.1) is 0 Å². The van der Waals surface area contributed by atoms with Crippen molar-refractivity contribution < 1.29 is 19.0 Å². The predicted molar refractivity (Wildman–Crippen MR) is 105 cm³/mol. The van der Waals surface area contributed by atoms with Gasteiger partial charge in [0.05, 0.1) is 26.5 Å². The van der Waals surface area contributed by atoms with Gasteiger partial charge in [0.2, 0.25) is 0 Å². The van der Waals surface area contributed by atoms with Gasteiger partial charge in [-0.05, 0) is 37.3 Å². The summed E-state index contributed by atoms with van der Waals surface area (Å²) >= 11 is 0. The van der Waals surface area contributed by atoms with Crippen molar-refractivity contribution in [2.75, 3.05) is 51.9 Å². The van der Waals surface area contributed by atoms with Crippen LogP contribution in [0.2, 0.25) is 0 Å². The van der Waals surface area contributed by atoms with Gasteiger partial charge in [0.15, 0.2) is 11.5 Å². The summed E-state index contributed by atoms with van der Waals surface area (Å²) in [5, 5.41) is 0. The van der Waals surface area contributed by atoms with E-state index in [4.69, 9.17) is 14.2 Å². The molecular weight excluding hydrogens is 344 g/mol. The van der Waals surface area contributed by atoms with Gasteiger partial charge in [-0.3, -0.25) is 4.79 Å². The molecule has 144 valence electrons. The summed E-state index contributed by atoms with van der Waals surface area (Å²) in [4.78, 5) is 17.0. The third kappa shape index (κ3) is 4.10. The number of hydrogen-bond donors (Lipinski definition) is 0. The number of nitrogens with zero attached hydrogens (tertiary/aromatic N) is 2. The second-order valence-corrected chi connectivity index (χ2v) is 6.25. The van der Waals surface area contributed by atoms with Crippen molar-refractivity contribution in [2.24, 2.45) is 0 Å². The molecule has 1 fully saturated rings. The van der Waals surface area contributed by atoms with Gasteiger partial charge in [0, 0.05) is 31.7 Å². The molecule has 0 N–H and O–H groups in total. The van der Waals surface area contributed by atoms with E-state index in [9.17, 15) is 4.79 Å². The highest BCUT2D eigenvalue weighted by Crippen LogP contribution is 2.30. The zero-order chi connectivity index (χ0) is 19.2. The van der Waals surface area contributed by atoms with E-state index in [-0.39, 0.29) is 5.91 Å². The molecule has 3 rings (SSSR count). The molecule has 0 aliphatic carbocycles. The van der Waals surface area contributed by atoms with Gasteiger partial charge >= 0.3 is 0 Å². The molecule has 0 atom stereocenters. The maximum Gasteiger partial charge on any atom is 0.254 e. The van der Waals surface area contributed by atoms with Crippen LogP contribution in [0.3, 0.4) is 0 Å². The van der Waals surface area contributed by atoms with Crippen molar-refractivity contribution in [3.8, 4) is 17.2 Å². The van der Waals surface area contributed by atoms with Crippen molar-refractivity contribution in [1.29, 1.82) is 0 Å². The lowest BCUT2D eigenvalue weighted by atomic mass is 10.1. The van der Waals surface area contributed by atoms with Crippen LogP contribution in [0.4, 0.5) is 5.69 Å². The summed E-state index contributed by atoms with van der Waals surface area (Å²) in [5.41, 5.74) is 1.68. The Morgan fingerprint density at radius 2 is 1.63 bits per heavy atom. The molecule has 0 bridgehead atoms. The van der Waals surface area contributed by atoms with Crippen LogP contribution >= 0.6 is 0 Å². The van der Waals surface area contributed by atoms with Gasteiger partial charge < -0.3 is 24.0 Å². The molecule has 6 nitrogen and oxygen atoms in total.